The van der Waals surface area contributed by atoms with Gasteiger partial charge in [-0.2, -0.15) is 0 Å². The van der Waals surface area contributed by atoms with Gasteiger partial charge in [-0.3, -0.25) is 0 Å². The Balaban J connectivity index is 1.34. The molecular weight excluding hydrogens is 332 g/mol. The summed E-state index contributed by atoms with van der Waals surface area (Å²) < 4.78 is 0. The molecular formula is C20H16N2S2. The van der Waals surface area contributed by atoms with E-state index in [9.17, 15) is 0 Å². The quantitative estimate of drug-likeness (QED) is 0.582. The third-order valence-corrected chi connectivity index (χ3v) is 6.85. The minimum absolute atomic E-state index is 0.304. The summed E-state index contributed by atoms with van der Waals surface area (Å²) >= 11 is 3.77. The molecule has 118 valence electrons. The van der Waals surface area contributed by atoms with Crippen LogP contribution < -0.4 is 10.6 Å². The maximum absolute atomic E-state index is 3.60. The van der Waals surface area contributed by atoms with Crippen molar-refractivity contribution < 1.29 is 0 Å². The van der Waals surface area contributed by atoms with Gasteiger partial charge in [-0.15, -0.1) is 0 Å². The second-order valence-corrected chi connectivity index (χ2v) is 8.24. The van der Waals surface area contributed by atoms with Gasteiger partial charge >= 0.3 is 0 Å². The molecule has 24 heavy (non-hydrogen) atoms. The maximum Gasteiger partial charge on any atom is 0.103 e. The van der Waals surface area contributed by atoms with E-state index in [0.29, 0.717) is 10.7 Å². The van der Waals surface area contributed by atoms with Crippen LogP contribution in [0.5, 0.6) is 0 Å². The minimum atomic E-state index is 0.304. The Bertz CT molecular complexity index is 768. The Labute approximate surface area is 150 Å². The van der Waals surface area contributed by atoms with E-state index in [1.807, 2.05) is 23.5 Å². The van der Waals surface area contributed by atoms with Gasteiger partial charge in [0.15, 0.2) is 0 Å². The van der Waals surface area contributed by atoms with Crippen molar-refractivity contribution in [3.05, 3.63) is 83.9 Å². The van der Waals surface area contributed by atoms with Crippen LogP contribution in [0.1, 0.15) is 21.9 Å². The number of fused-ring (bicyclic) bond motifs is 2. The van der Waals surface area contributed by atoms with E-state index in [1.54, 1.807) is 0 Å². The summed E-state index contributed by atoms with van der Waals surface area (Å²) in [5, 5.41) is 7.80. The van der Waals surface area contributed by atoms with Gasteiger partial charge in [0, 0.05) is 21.2 Å². The summed E-state index contributed by atoms with van der Waals surface area (Å²) in [7, 11) is 0. The van der Waals surface area contributed by atoms with Crippen LogP contribution in [0.3, 0.4) is 0 Å². The van der Waals surface area contributed by atoms with Crippen molar-refractivity contribution in [3.63, 3.8) is 0 Å². The molecule has 3 aromatic carbocycles. The molecule has 2 N–H and O–H groups in total. The van der Waals surface area contributed by atoms with Gasteiger partial charge in [0.25, 0.3) is 0 Å². The number of benzene rings is 3. The van der Waals surface area contributed by atoms with E-state index in [1.165, 1.54) is 32.3 Å². The highest BCUT2D eigenvalue weighted by Gasteiger charge is 2.24. The Morgan fingerprint density at radius 2 is 0.958 bits per heavy atom. The molecule has 3 aromatic rings. The van der Waals surface area contributed by atoms with Crippen LogP contribution in [0, 0.1) is 0 Å². The highest BCUT2D eigenvalue weighted by atomic mass is 32.2. The van der Waals surface area contributed by atoms with Crippen LogP contribution >= 0.6 is 23.5 Å². The standard InChI is InChI=1S/C20H16N2S2/c1-3-7-17-15(5-1)21-19(23-17)13-9-11-14(12-10-13)20-22-16-6-2-4-8-18(16)24-20/h1-12,19-22H/t19-,20-/m0/s1. The molecule has 0 unspecified atom stereocenters. The minimum Gasteiger partial charge on any atom is -0.368 e. The van der Waals surface area contributed by atoms with Crippen molar-refractivity contribution in [2.75, 3.05) is 10.6 Å². The van der Waals surface area contributed by atoms with Gasteiger partial charge < -0.3 is 10.6 Å². The van der Waals surface area contributed by atoms with Crippen LogP contribution in [0.4, 0.5) is 11.4 Å². The molecule has 2 aliphatic rings. The Kier molecular flexibility index (Phi) is 3.46. The van der Waals surface area contributed by atoms with Gasteiger partial charge in [0.2, 0.25) is 0 Å². The number of anilines is 2. The molecule has 0 radical (unpaired) electrons. The van der Waals surface area contributed by atoms with Gasteiger partial charge in [0.05, 0.1) is 0 Å². The monoisotopic (exact) mass is 348 g/mol. The van der Waals surface area contributed by atoms with Gasteiger partial charge in [-0.1, -0.05) is 72.1 Å². The molecule has 0 bridgehead atoms. The molecule has 0 aromatic heterocycles. The van der Waals surface area contributed by atoms with E-state index >= 15 is 0 Å². The van der Waals surface area contributed by atoms with Gasteiger partial charge in [-0.25, -0.2) is 0 Å². The summed E-state index contributed by atoms with van der Waals surface area (Å²) in [5.74, 6) is 0. The normalized spacial score (nSPS) is 20.8. The number of hydrogen-bond acceptors (Lipinski definition) is 4. The second-order valence-electron chi connectivity index (χ2n) is 5.94. The molecule has 2 atom stereocenters. The maximum atomic E-state index is 3.60. The first-order valence-electron chi connectivity index (χ1n) is 8.01. The summed E-state index contributed by atoms with van der Waals surface area (Å²) in [6.07, 6.45) is 0. The van der Waals surface area contributed by atoms with E-state index in [4.69, 9.17) is 0 Å². The van der Waals surface area contributed by atoms with Crippen molar-refractivity contribution >= 4 is 34.9 Å². The first kappa shape index (κ1) is 14.3. The summed E-state index contributed by atoms with van der Waals surface area (Å²) in [6, 6.07) is 26.0. The molecule has 0 spiro atoms. The van der Waals surface area contributed by atoms with Crippen LogP contribution in [0.2, 0.25) is 0 Å². The fourth-order valence-corrected chi connectivity index (χ4v) is 5.41. The lowest BCUT2D eigenvalue weighted by molar-refractivity contribution is 1.10. The predicted octanol–water partition coefficient (Wildman–Crippen LogP) is 6.12. The molecule has 2 aliphatic heterocycles. The highest BCUT2D eigenvalue weighted by molar-refractivity contribution is 8.00. The van der Waals surface area contributed by atoms with Crippen molar-refractivity contribution in [2.45, 2.75) is 20.5 Å². The molecule has 0 fully saturated rings. The zero-order chi connectivity index (χ0) is 15.9. The highest BCUT2D eigenvalue weighted by Crippen LogP contribution is 2.48. The molecule has 0 amide bonds. The summed E-state index contributed by atoms with van der Waals surface area (Å²) in [6.45, 7) is 0. The van der Waals surface area contributed by atoms with Crippen LogP contribution in [-0.4, -0.2) is 0 Å². The van der Waals surface area contributed by atoms with E-state index in [2.05, 4.69) is 83.4 Å². The van der Waals surface area contributed by atoms with Crippen molar-refractivity contribution in [1.29, 1.82) is 0 Å². The van der Waals surface area contributed by atoms with Crippen LogP contribution in [-0.2, 0) is 0 Å². The van der Waals surface area contributed by atoms with E-state index in [-0.39, 0.29) is 0 Å². The smallest absolute Gasteiger partial charge is 0.103 e. The molecule has 0 saturated carbocycles. The zero-order valence-corrected chi connectivity index (χ0v) is 14.5. The lowest BCUT2D eigenvalue weighted by Gasteiger charge is -2.14. The molecule has 2 nitrogen and oxygen atoms in total. The Hall–Kier alpha value is -2.04. The fraction of sp³-hybridized carbons (Fsp3) is 0.100. The third-order valence-electron chi connectivity index (χ3n) is 4.38. The fourth-order valence-electron chi connectivity index (χ4n) is 3.12. The van der Waals surface area contributed by atoms with Crippen molar-refractivity contribution in [1.82, 2.24) is 0 Å². The Morgan fingerprint density at radius 3 is 1.38 bits per heavy atom. The van der Waals surface area contributed by atoms with Crippen molar-refractivity contribution in [3.8, 4) is 0 Å². The second kappa shape index (κ2) is 5.80. The molecule has 4 heteroatoms. The number of para-hydroxylation sites is 2. The molecule has 0 aliphatic carbocycles. The largest absolute Gasteiger partial charge is 0.368 e. The van der Waals surface area contributed by atoms with Gasteiger partial charge in [0.1, 0.15) is 10.7 Å². The average molecular weight is 348 g/mol. The van der Waals surface area contributed by atoms with Gasteiger partial charge in [-0.05, 0) is 35.4 Å². The average Bonchev–Trinajstić information content (AvgIpc) is 3.25. The summed E-state index contributed by atoms with van der Waals surface area (Å²) in [5.41, 5.74) is 5.11. The predicted molar refractivity (Wildman–Crippen MR) is 104 cm³/mol. The lowest BCUT2D eigenvalue weighted by Crippen LogP contribution is -2.04. The first-order valence-corrected chi connectivity index (χ1v) is 9.77. The van der Waals surface area contributed by atoms with E-state index < -0.39 is 0 Å². The third kappa shape index (κ3) is 2.46. The molecule has 5 rings (SSSR count). The lowest BCUT2D eigenvalue weighted by atomic mass is 10.1. The zero-order valence-electron chi connectivity index (χ0n) is 12.9. The number of rotatable bonds is 2. The van der Waals surface area contributed by atoms with Crippen LogP contribution in [0.15, 0.2) is 82.6 Å². The Morgan fingerprint density at radius 1 is 0.542 bits per heavy atom. The first-order chi connectivity index (χ1) is 11.9. The SMILES string of the molecule is c1ccc2c(c1)N[C@H](c1ccc([C@H]3Nc4ccccc4S3)cc1)S2. The number of hydrogen-bond donors (Lipinski definition) is 2. The van der Waals surface area contributed by atoms with E-state index in [0.717, 1.165) is 0 Å². The summed E-state index contributed by atoms with van der Waals surface area (Å²) in [4.78, 5) is 2.66. The molecule has 0 saturated heterocycles. The van der Waals surface area contributed by atoms with Crippen LogP contribution in [0.25, 0.3) is 0 Å². The number of thioether (sulfide) groups is 2. The number of nitrogens with one attached hydrogen (secondary N) is 2. The van der Waals surface area contributed by atoms with Crippen molar-refractivity contribution in [2.24, 2.45) is 0 Å². The molecule has 2 heterocycles. The topological polar surface area (TPSA) is 24.1 Å².